The lowest BCUT2D eigenvalue weighted by molar-refractivity contribution is 1.66. The Morgan fingerprint density at radius 1 is 1.25 bits per heavy atom. The van der Waals surface area contributed by atoms with E-state index in [1.54, 1.807) is 11.3 Å². The first-order valence-corrected chi connectivity index (χ1v) is 4.55. The predicted molar refractivity (Wildman–Crippen MR) is 53.0 cm³/mol. The fourth-order valence-electron chi connectivity index (χ4n) is 1.03. The number of hydrogen-bond donors (Lipinski definition) is 1. The molecule has 0 saturated heterocycles. The highest BCUT2D eigenvalue weighted by molar-refractivity contribution is 7.13. The summed E-state index contributed by atoms with van der Waals surface area (Å²) in [6, 6.07) is 12.9. The van der Waals surface area contributed by atoms with Crippen molar-refractivity contribution in [2.24, 2.45) is 0 Å². The minimum absolute atomic E-state index is 0.690. The van der Waals surface area contributed by atoms with Crippen LogP contribution in [0.3, 0.4) is 0 Å². The van der Waals surface area contributed by atoms with Crippen LogP contribution in [0.1, 0.15) is 0 Å². The topological polar surface area (TPSA) is 26.0 Å². The van der Waals surface area contributed by atoms with Crippen molar-refractivity contribution in [2.75, 3.05) is 5.73 Å². The van der Waals surface area contributed by atoms with Gasteiger partial charge in [-0.2, -0.15) is 0 Å². The van der Waals surface area contributed by atoms with Gasteiger partial charge in [0.05, 0.1) is 0 Å². The van der Waals surface area contributed by atoms with Gasteiger partial charge in [-0.3, -0.25) is 0 Å². The lowest BCUT2D eigenvalue weighted by Gasteiger charge is -1.96. The van der Waals surface area contributed by atoms with Crippen molar-refractivity contribution in [1.82, 2.24) is 0 Å². The molecule has 1 aromatic carbocycles. The van der Waals surface area contributed by atoms with Gasteiger partial charge in [-0.05, 0) is 29.1 Å². The van der Waals surface area contributed by atoms with Crippen LogP contribution >= 0.6 is 11.3 Å². The van der Waals surface area contributed by atoms with Gasteiger partial charge in [0.15, 0.2) is 0 Å². The highest BCUT2D eigenvalue weighted by Crippen LogP contribution is 2.24. The summed E-state index contributed by atoms with van der Waals surface area (Å²) >= 11 is 1.72. The maximum Gasteiger partial charge on any atom is 0.0394 e. The molecule has 2 heteroatoms. The first kappa shape index (κ1) is 7.37. The molecule has 1 nitrogen and oxygen atoms in total. The lowest BCUT2D eigenvalue weighted by Crippen LogP contribution is -1.82. The summed E-state index contributed by atoms with van der Waals surface area (Å²) in [7, 11) is 0. The van der Waals surface area contributed by atoms with Crippen molar-refractivity contribution in [2.45, 2.75) is 0 Å². The first-order valence-electron chi connectivity index (χ1n) is 3.67. The molecule has 1 aromatic heterocycles. The third-order valence-electron chi connectivity index (χ3n) is 1.64. The molecule has 0 fully saturated rings. The molecular formula is C10H8NS. The molecule has 2 N–H and O–H groups in total. The average Bonchev–Trinajstić information content (AvgIpc) is 2.58. The summed E-state index contributed by atoms with van der Waals surface area (Å²) in [5.41, 5.74) is 7.40. The molecule has 2 aromatic rings. The van der Waals surface area contributed by atoms with Crippen LogP contribution in [0.15, 0.2) is 35.7 Å². The van der Waals surface area contributed by atoms with Gasteiger partial charge in [-0.1, -0.05) is 12.1 Å². The number of nitrogen functional groups attached to an aromatic ring is 1. The Bertz CT molecular complexity index is 348. The number of nitrogens with two attached hydrogens (primary N) is 1. The second-order valence-corrected chi connectivity index (χ2v) is 3.46. The minimum atomic E-state index is 0.690. The molecule has 59 valence electrons. The zero-order chi connectivity index (χ0) is 8.39. The molecular weight excluding hydrogens is 166 g/mol. The zero-order valence-electron chi connectivity index (χ0n) is 6.45. The van der Waals surface area contributed by atoms with E-state index < -0.39 is 0 Å². The number of hydrogen-bond acceptors (Lipinski definition) is 2. The van der Waals surface area contributed by atoms with Crippen LogP contribution in [-0.4, -0.2) is 0 Å². The molecule has 0 saturated carbocycles. The maximum absolute atomic E-state index is 5.53. The standard InChI is InChI=1S/C10H8NS/c11-9-5-3-8(4-6-9)10-2-1-7-12-10/h1-5,7H,11H2. The second kappa shape index (κ2) is 2.99. The van der Waals surface area contributed by atoms with E-state index in [9.17, 15) is 0 Å². The Labute approximate surface area is 75.5 Å². The highest BCUT2D eigenvalue weighted by atomic mass is 32.1. The van der Waals surface area contributed by atoms with Crippen molar-refractivity contribution >= 4 is 17.0 Å². The van der Waals surface area contributed by atoms with Gasteiger partial charge in [0, 0.05) is 16.6 Å². The van der Waals surface area contributed by atoms with E-state index in [0.29, 0.717) is 5.69 Å². The summed E-state index contributed by atoms with van der Waals surface area (Å²) in [6.45, 7) is 0. The molecule has 12 heavy (non-hydrogen) atoms. The summed E-state index contributed by atoms with van der Waals surface area (Å²) < 4.78 is 0. The van der Waals surface area contributed by atoms with Crippen molar-refractivity contribution < 1.29 is 0 Å². The van der Waals surface area contributed by atoms with Crippen molar-refractivity contribution in [3.05, 3.63) is 41.8 Å². The zero-order valence-corrected chi connectivity index (χ0v) is 7.27. The molecule has 1 heterocycles. The number of anilines is 1. The number of rotatable bonds is 1. The van der Waals surface area contributed by atoms with Crippen LogP contribution in [0.5, 0.6) is 0 Å². The number of benzene rings is 1. The van der Waals surface area contributed by atoms with Gasteiger partial charge in [-0.15, -0.1) is 11.3 Å². The van der Waals surface area contributed by atoms with Gasteiger partial charge in [0.25, 0.3) is 0 Å². The van der Waals surface area contributed by atoms with Gasteiger partial charge in [0.1, 0.15) is 0 Å². The minimum Gasteiger partial charge on any atom is -0.398 e. The quantitative estimate of drug-likeness (QED) is 0.661. The van der Waals surface area contributed by atoms with Crippen LogP contribution in [0.2, 0.25) is 0 Å². The molecule has 1 radical (unpaired) electrons. The van der Waals surface area contributed by atoms with Crippen LogP contribution in [0, 0.1) is 6.07 Å². The Morgan fingerprint density at radius 3 is 2.75 bits per heavy atom. The first-order chi connectivity index (χ1) is 5.86. The van der Waals surface area contributed by atoms with Gasteiger partial charge < -0.3 is 5.73 Å². The van der Waals surface area contributed by atoms with Crippen molar-refractivity contribution in [3.8, 4) is 10.4 Å². The average molecular weight is 174 g/mol. The van der Waals surface area contributed by atoms with Gasteiger partial charge in [0.2, 0.25) is 0 Å². The van der Waals surface area contributed by atoms with E-state index in [2.05, 4.69) is 17.5 Å². The summed E-state index contributed by atoms with van der Waals surface area (Å²) in [6.07, 6.45) is 0. The van der Waals surface area contributed by atoms with Crippen molar-refractivity contribution in [3.63, 3.8) is 0 Å². The second-order valence-electron chi connectivity index (χ2n) is 2.51. The van der Waals surface area contributed by atoms with Crippen molar-refractivity contribution in [1.29, 1.82) is 0 Å². The monoisotopic (exact) mass is 174 g/mol. The third-order valence-corrected chi connectivity index (χ3v) is 2.56. The van der Waals surface area contributed by atoms with Gasteiger partial charge >= 0.3 is 0 Å². The summed E-state index contributed by atoms with van der Waals surface area (Å²) in [5, 5.41) is 2.06. The molecule has 0 aliphatic carbocycles. The normalized spacial score (nSPS) is 10.0. The summed E-state index contributed by atoms with van der Waals surface area (Å²) in [5.74, 6) is 0. The van der Waals surface area contributed by atoms with E-state index >= 15 is 0 Å². The van der Waals surface area contributed by atoms with E-state index in [-0.39, 0.29) is 0 Å². The smallest absolute Gasteiger partial charge is 0.0394 e. The molecule has 2 rings (SSSR count). The Morgan fingerprint density at radius 2 is 2.17 bits per heavy atom. The van der Waals surface area contributed by atoms with Crippen LogP contribution in [0.4, 0.5) is 5.69 Å². The van der Waals surface area contributed by atoms with Crippen LogP contribution in [0.25, 0.3) is 10.4 Å². The lowest BCUT2D eigenvalue weighted by atomic mass is 10.2. The maximum atomic E-state index is 5.53. The molecule has 0 bridgehead atoms. The predicted octanol–water partition coefficient (Wildman–Crippen LogP) is 2.80. The molecule has 0 aliphatic heterocycles. The highest BCUT2D eigenvalue weighted by Gasteiger charge is 1.96. The van der Waals surface area contributed by atoms with Crippen LogP contribution in [-0.2, 0) is 0 Å². The molecule has 0 unspecified atom stereocenters. The van der Waals surface area contributed by atoms with Crippen LogP contribution < -0.4 is 5.73 Å². The fraction of sp³-hybridized carbons (Fsp3) is 0. The summed E-state index contributed by atoms with van der Waals surface area (Å²) in [4.78, 5) is 1.26. The number of thiophene rings is 1. The molecule has 0 spiro atoms. The Balaban J connectivity index is 2.43. The van der Waals surface area contributed by atoms with E-state index in [4.69, 9.17) is 5.73 Å². The SMILES string of the molecule is Nc1[c]cc(-c2cccs2)cc1. The largest absolute Gasteiger partial charge is 0.398 e. The Kier molecular flexibility index (Phi) is 1.84. The van der Waals surface area contributed by atoms with E-state index in [1.165, 1.54) is 10.4 Å². The molecule has 0 aliphatic rings. The van der Waals surface area contributed by atoms with E-state index in [0.717, 1.165) is 0 Å². The fourth-order valence-corrected chi connectivity index (χ4v) is 1.76. The van der Waals surface area contributed by atoms with Gasteiger partial charge in [-0.25, -0.2) is 0 Å². The van der Waals surface area contributed by atoms with E-state index in [1.807, 2.05) is 24.3 Å². The molecule has 0 amide bonds. The third kappa shape index (κ3) is 1.34. The molecule has 0 atom stereocenters. The Hall–Kier alpha value is -1.28.